The number of hydrogen-bond acceptors (Lipinski definition) is 3. The van der Waals surface area contributed by atoms with E-state index >= 15 is 0 Å². The summed E-state index contributed by atoms with van der Waals surface area (Å²) in [5.74, 6) is 1.11. The van der Waals surface area contributed by atoms with Crippen LogP contribution < -0.4 is 0 Å². The minimum absolute atomic E-state index is 0.396. The molecule has 0 unspecified atom stereocenters. The van der Waals surface area contributed by atoms with Crippen molar-refractivity contribution in [2.75, 3.05) is 17.3 Å². The van der Waals surface area contributed by atoms with E-state index in [0.717, 1.165) is 16.0 Å². The van der Waals surface area contributed by atoms with E-state index in [-0.39, 0.29) is 0 Å². The first-order valence-corrected chi connectivity index (χ1v) is 10.4. The van der Waals surface area contributed by atoms with Crippen LogP contribution in [0.25, 0.3) is 0 Å². The molecular formula is C14H19BrO2S2. The Morgan fingerprint density at radius 2 is 1.79 bits per heavy atom. The summed E-state index contributed by atoms with van der Waals surface area (Å²) in [6.45, 7) is 0. The lowest BCUT2D eigenvalue weighted by atomic mass is 9.92. The molecule has 0 heterocycles. The van der Waals surface area contributed by atoms with Gasteiger partial charge >= 0.3 is 0 Å². The van der Waals surface area contributed by atoms with Crippen LogP contribution in [0.1, 0.15) is 25.7 Å². The minimum Gasteiger partial charge on any atom is -0.224 e. The summed E-state index contributed by atoms with van der Waals surface area (Å²) in [6, 6.07) is 7.23. The van der Waals surface area contributed by atoms with E-state index in [0.29, 0.717) is 10.3 Å². The van der Waals surface area contributed by atoms with E-state index in [4.69, 9.17) is 0 Å². The van der Waals surface area contributed by atoms with Crippen molar-refractivity contribution in [3.8, 4) is 0 Å². The van der Waals surface area contributed by atoms with Gasteiger partial charge in [0.15, 0.2) is 9.84 Å². The smallest absolute Gasteiger partial charge is 0.175 e. The molecule has 106 valence electrons. The minimum atomic E-state index is -3.08. The van der Waals surface area contributed by atoms with Crippen molar-refractivity contribution in [1.29, 1.82) is 0 Å². The summed E-state index contributed by atoms with van der Waals surface area (Å²) < 4.78 is 22.8. The molecule has 2 rings (SSSR count). The van der Waals surface area contributed by atoms with Gasteiger partial charge in [0.05, 0.1) is 4.90 Å². The average Bonchev–Trinajstić information content (AvgIpc) is 2.85. The molecule has 1 aromatic carbocycles. The largest absolute Gasteiger partial charge is 0.224 e. The first kappa shape index (κ1) is 15.4. The van der Waals surface area contributed by atoms with E-state index < -0.39 is 9.84 Å². The zero-order valence-corrected chi connectivity index (χ0v) is 14.3. The Bertz CT molecular complexity index is 517. The molecule has 0 amide bonds. The molecule has 2 nitrogen and oxygen atoms in total. The van der Waals surface area contributed by atoms with E-state index in [9.17, 15) is 8.42 Å². The third-order valence-electron chi connectivity index (χ3n) is 3.74. The van der Waals surface area contributed by atoms with E-state index in [2.05, 4.69) is 15.9 Å². The summed E-state index contributed by atoms with van der Waals surface area (Å²) in [4.78, 5) is 1.55. The van der Waals surface area contributed by atoms with Gasteiger partial charge in [0.2, 0.25) is 0 Å². The summed E-state index contributed by atoms with van der Waals surface area (Å²) in [5, 5.41) is 1.06. The van der Waals surface area contributed by atoms with Crippen molar-refractivity contribution in [2.24, 2.45) is 5.41 Å². The SMILES string of the molecule is CS(=O)(=O)c1ccc(SCC2(CBr)CCCC2)cc1. The first-order chi connectivity index (χ1) is 8.95. The molecule has 0 aromatic heterocycles. The van der Waals surface area contributed by atoms with Crippen LogP contribution in [-0.2, 0) is 9.84 Å². The number of hydrogen-bond donors (Lipinski definition) is 0. The number of rotatable bonds is 5. The molecule has 1 aliphatic rings. The molecule has 1 aliphatic carbocycles. The second kappa shape index (κ2) is 6.19. The van der Waals surface area contributed by atoms with Crippen LogP contribution in [0, 0.1) is 5.41 Å². The van der Waals surface area contributed by atoms with Gasteiger partial charge in [-0.1, -0.05) is 28.8 Å². The van der Waals surface area contributed by atoms with Crippen LogP contribution in [0.4, 0.5) is 0 Å². The van der Waals surface area contributed by atoms with Crippen molar-refractivity contribution in [2.45, 2.75) is 35.5 Å². The first-order valence-electron chi connectivity index (χ1n) is 6.44. The number of benzene rings is 1. The highest BCUT2D eigenvalue weighted by atomic mass is 79.9. The molecule has 5 heteroatoms. The molecule has 1 aromatic rings. The Morgan fingerprint density at radius 1 is 1.21 bits per heavy atom. The normalized spacial score (nSPS) is 18.6. The highest BCUT2D eigenvalue weighted by Gasteiger charge is 2.32. The summed E-state index contributed by atoms with van der Waals surface area (Å²) >= 11 is 5.49. The van der Waals surface area contributed by atoms with Crippen LogP contribution in [0.2, 0.25) is 0 Å². The molecule has 0 saturated heterocycles. The van der Waals surface area contributed by atoms with Crippen molar-refractivity contribution in [3.05, 3.63) is 24.3 Å². The lowest BCUT2D eigenvalue weighted by Gasteiger charge is -2.25. The monoisotopic (exact) mass is 362 g/mol. The van der Waals surface area contributed by atoms with Gasteiger partial charge in [0.25, 0.3) is 0 Å². The fourth-order valence-corrected chi connectivity index (χ4v) is 5.31. The number of alkyl halides is 1. The third-order valence-corrected chi connectivity index (χ3v) is 7.42. The average molecular weight is 363 g/mol. The van der Waals surface area contributed by atoms with Gasteiger partial charge in [0.1, 0.15) is 0 Å². The Kier molecular flexibility index (Phi) is 5.01. The van der Waals surface area contributed by atoms with Crippen molar-refractivity contribution in [3.63, 3.8) is 0 Å². The summed E-state index contributed by atoms with van der Waals surface area (Å²) in [7, 11) is -3.08. The van der Waals surface area contributed by atoms with Gasteiger partial charge in [-0.05, 0) is 42.5 Å². The van der Waals surface area contributed by atoms with Gasteiger partial charge in [-0.2, -0.15) is 0 Å². The van der Waals surface area contributed by atoms with Crippen LogP contribution in [-0.4, -0.2) is 25.8 Å². The number of sulfone groups is 1. The Morgan fingerprint density at radius 3 is 2.26 bits per heavy atom. The lowest BCUT2D eigenvalue weighted by Crippen LogP contribution is -2.21. The van der Waals surface area contributed by atoms with E-state index in [1.807, 2.05) is 23.9 Å². The second-order valence-corrected chi connectivity index (χ2v) is 9.00. The molecule has 0 N–H and O–H groups in total. The van der Waals surface area contributed by atoms with E-state index in [1.165, 1.54) is 31.9 Å². The van der Waals surface area contributed by atoms with Crippen LogP contribution in [0.15, 0.2) is 34.1 Å². The quantitative estimate of drug-likeness (QED) is 0.583. The maximum Gasteiger partial charge on any atom is 0.175 e. The highest BCUT2D eigenvalue weighted by molar-refractivity contribution is 9.09. The molecule has 0 radical (unpaired) electrons. The van der Waals surface area contributed by atoms with Crippen molar-refractivity contribution >= 4 is 37.5 Å². The van der Waals surface area contributed by atoms with E-state index in [1.54, 1.807) is 12.1 Å². The number of halogens is 1. The Hall–Kier alpha value is -0.000000000000000111. The predicted octanol–water partition coefficient (Wildman–Crippen LogP) is 4.14. The van der Waals surface area contributed by atoms with Crippen LogP contribution in [0.3, 0.4) is 0 Å². The molecule has 0 bridgehead atoms. The predicted molar refractivity (Wildman–Crippen MR) is 85.0 cm³/mol. The second-order valence-electron chi connectivity index (χ2n) is 5.37. The summed E-state index contributed by atoms with van der Waals surface area (Å²) in [5.41, 5.74) is 0.431. The number of thioether (sulfide) groups is 1. The standard InChI is InChI=1S/C14H19BrO2S2/c1-19(16,17)13-6-4-12(5-7-13)18-11-14(10-15)8-2-3-9-14/h4-7H,2-3,8-11H2,1H3. The molecule has 1 fully saturated rings. The lowest BCUT2D eigenvalue weighted by molar-refractivity contribution is 0.405. The molecule has 1 saturated carbocycles. The zero-order valence-electron chi connectivity index (χ0n) is 11.1. The van der Waals surface area contributed by atoms with Gasteiger partial charge in [-0.25, -0.2) is 8.42 Å². The fourth-order valence-electron chi connectivity index (χ4n) is 2.46. The van der Waals surface area contributed by atoms with Gasteiger partial charge in [-0.3, -0.25) is 0 Å². The summed E-state index contributed by atoms with van der Waals surface area (Å²) in [6.07, 6.45) is 6.51. The highest BCUT2D eigenvalue weighted by Crippen LogP contribution is 2.43. The molecular weight excluding hydrogens is 344 g/mol. The maximum absolute atomic E-state index is 11.4. The molecule has 0 atom stereocenters. The van der Waals surface area contributed by atoms with Gasteiger partial charge < -0.3 is 0 Å². The Balaban J connectivity index is 2.00. The molecule has 0 spiro atoms. The Labute approximate surface area is 128 Å². The molecule has 19 heavy (non-hydrogen) atoms. The van der Waals surface area contributed by atoms with Gasteiger partial charge in [0, 0.05) is 22.2 Å². The molecule has 0 aliphatic heterocycles. The zero-order chi connectivity index (χ0) is 13.9. The van der Waals surface area contributed by atoms with Crippen LogP contribution in [0.5, 0.6) is 0 Å². The third kappa shape index (κ3) is 3.99. The van der Waals surface area contributed by atoms with Gasteiger partial charge in [-0.15, -0.1) is 11.8 Å². The van der Waals surface area contributed by atoms with Crippen molar-refractivity contribution in [1.82, 2.24) is 0 Å². The topological polar surface area (TPSA) is 34.1 Å². The van der Waals surface area contributed by atoms with Crippen molar-refractivity contribution < 1.29 is 8.42 Å². The van der Waals surface area contributed by atoms with Crippen LogP contribution >= 0.6 is 27.7 Å². The fraction of sp³-hybridized carbons (Fsp3) is 0.571. The maximum atomic E-state index is 11.4.